The number of rotatable bonds is 5. The Morgan fingerprint density at radius 3 is 2.61 bits per heavy atom. The average molecular weight is 483 g/mol. The van der Waals surface area contributed by atoms with E-state index >= 15 is 0 Å². The number of carboxylic acid groups (broad SMARTS) is 1. The number of ether oxygens (including phenoxy) is 1. The maximum Gasteiger partial charge on any atom is 0.336 e. The van der Waals surface area contributed by atoms with Crippen molar-refractivity contribution in [3.05, 3.63) is 77.5 Å². The number of benzene rings is 2. The zero-order chi connectivity index (χ0) is 24.8. The molecule has 3 heterocycles. The summed E-state index contributed by atoms with van der Waals surface area (Å²) in [7, 11) is 0. The summed E-state index contributed by atoms with van der Waals surface area (Å²) in [5.74, 6) is 1.17. The van der Waals surface area contributed by atoms with E-state index in [-0.39, 0.29) is 11.7 Å². The molecule has 182 valence electrons. The predicted octanol–water partition coefficient (Wildman–Crippen LogP) is 7.06. The molecule has 0 amide bonds. The van der Waals surface area contributed by atoms with Gasteiger partial charge in [0.1, 0.15) is 23.3 Å². The number of pyridine rings is 1. The van der Waals surface area contributed by atoms with Crippen molar-refractivity contribution < 1.29 is 23.5 Å². The Labute approximate surface area is 207 Å². The normalized spacial score (nSPS) is 18.1. The lowest BCUT2D eigenvalue weighted by Crippen LogP contribution is -2.23. The van der Waals surface area contributed by atoms with Gasteiger partial charge in [-0.05, 0) is 63.3 Å². The Morgan fingerprint density at radius 1 is 1.08 bits per heavy atom. The van der Waals surface area contributed by atoms with E-state index in [9.17, 15) is 9.90 Å². The largest absolute Gasteiger partial charge is 0.490 e. The van der Waals surface area contributed by atoms with Crippen molar-refractivity contribution in [2.24, 2.45) is 0 Å². The number of aryl methyl sites for hydroxylation is 2. The van der Waals surface area contributed by atoms with E-state index in [0.717, 1.165) is 53.7 Å². The molecule has 1 fully saturated rings. The summed E-state index contributed by atoms with van der Waals surface area (Å²) in [5.41, 5.74) is 3.82. The van der Waals surface area contributed by atoms with Crippen molar-refractivity contribution in [3.63, 3.8) is 0 Å². The average Bonchev–Trinajstić information content (AvgIpc) is 3.54. The molecule has 36 heavy (non-hydrogen) atoms. The van der Waals surface area contributed by atoms with Crippen LogP contribution in [-0.4, -0.2) is 27.1 Å². The highest BCUT2D eigenvalue weighted by Crippen LogP contribution is 2.39. The number of para-hydroxylation sites is 1. The van der Waals surface area contributed by atoms with Gasteiger partial charge in [0.15, 0.2) is 11.7 Å². The number of carboxylic acids is 1. The Hall–Kier alpha value is -4.13. The van der Waals surface area contributed by atoms with Gasteiger partial charge >= 0.3 is 5.97 Å². The van der Waals surface area contributed by atoms with E-state index in [0.29, 0.717) is 34.0 Å². The molecule has 1 aliphatic carbocycles. The van der Waals surface area contributed by atoms with E-state index in [2.05, 4.69) is 4.98 Å². The first kappa shape index (κ1) is 22.3. The van der Waals surface area contributed by atoms with Gasteiger partial charge in [-0.1, -0.05) is 24.3 Å². The van der Waals surface area contributed by atoms with E-state index in [1.165, 1.54) is 0 Å². The third-order valence-electron chi connectivity index (χ3n) is 7.20. The zero-order valence-electron chi connectivity index (χ0n) is 20.2. The Kier molecular flexibility index (Phi) is 5.48. The van der Waals surface area contributed by atoms with Crippen molar-refractivity contribution in [1.82, 2.24) is 9.97 Å². The number of nitrogens with zero attached hydrogens (tertiary/aromatic N) is 2. The van der Waals surface area contributed by atoms with Gasteiger partial charge < -0.3 is 18.7 Å². The molecule has 3 aromatic heterocycles. The quantitative estimate of drug-likeness (QED) is 0.286. The van der Waals surface area contributed by atoms with Crippen molar-refractivity contribution in [2.45, 2.75) is 51.6 Å². The van der Waals surface area contributed by atoms with Crippen LogP contribution >= 0.6 is 0 Å². The number of fused-ring (bicyclic) bond motifs is 2. The van der Waals surface area contributed by atoms with Gasteiger partial charge in [-0.3, -0.25) is 0 Å². The third kappa shape index (κ3) is 3.81. The third-order valence-corrected chi connectivity index (χ3v) is 7.20. The molecule has 1 N–H and O–H groups in total. The molecule has 0 saturated heterocycles. The molecule has 5 aromatic rings. The minimum atomic E-state index is -1.03. The number of oxazole rings is 1. The minimum Gasteiger partial charge on any atom is -0.490 e. The van der Waals surface area contributed by atoms with Crippen molar-refractivity contribution in [1.29, 1.82) is 0 Å². The smallest absolute Gasteiger partial charge is 0.336 e. The van der Waals surface area contributed by atoms with Gasteiger partial charge in [0.05, 0.1) is 28.8 Å². The summed E-state index contributed by atoms with van der Waals surface area (Å²) >= 11 is 0. The zero-order valence-corrected chi connectivity index (χ0v) is 20.2. The van der Waals surface area contributed by atoms with E-state index in [1.807, 2.05) is 50.2 Å². The second-order valence-electron chi connectivity index (χ2n) is 9.48. The Balaban J connectivity index is 1.39. The first-order valence-electron chi connectivity index (χ1n) is 12.2. The lowest BCUT2D eigenvalue weighted by atomic mass is 9.87. The number of furan rings is 1. The van der Waals surface area contributed by atoms with Crippen LogP contribution in [0.1, 0.15) is 59.0 Å². The van der Waals surface area contributed by atoms with Crippen LogP contribution in [0.25, 0.3) is 33.3 Å². The van der Waals surface area contributed by atoms with Crippen LogP contribution in [0.3, 0.4) is 0 Å². The van der Waals surface area contributed by atoms with Gasteiger partial charge in [-0.2, -0.15) is 0 Å². The van der Waals surface area contributed by atoms with Gasteiger partial charge in [0, 0.05) is 16.9 Å². The van der Waals surface area contributed by atoms with Crippen LogP contribution in [0.15, 0.2) is 63.8 Å². The highest BCUT2D eigenvalue weighted by Gasteiger charge is 2.28. The maximum absolute atomic E-state index is 12.5. The standard InChI is InChI=1S/C29H26N2O5/c1-16-7-12-24(35-19-10-8-18(9-11-19)28-30-13-14-34-28)25-21(29(32)33)15-22(31-26(16)25)27-17(2)20-5-3-4-6-23(20)36-27/h3-7,12-15,18-19H,8-11H2,1-2H3,(H,32,33). The van der Waals surface area contributed by atoms with Crippen LogP contribution in [0.5, 0.6) is 5.75 Å². The fourth-order valence-corrected chi connectivity index (χ4v) is 5.29. The van der Waals surface area contributed by atoms with Gasteiger partial charge in [-0.15, -0.1) is 0 Å². The van der Waals surface area contributed by atoms with Gasteiger partial charge in [0.2, 0.25) is 0 Å². The number of hydrogen-bond acceptors (Lipinski definition) is 6. The summed E-state index contributed by atoms with van der Waals surface area (Å²) in [5, 5.41) is 11.7. The van der Waals surface area contributed by atoms with Crippen molar-refractivity contribution >= 4 is 27.8 Å². The highest BCUT2D eigenvalue weighted by molar-refractivity contribution is 6.07. The van der Waals surface area contributed by atoms with Gasteiger partial charge in [-0.25, -0.2) is 14.8 Å². The lowest BCUT2D eigenvalue weighted by molar-refractivity contribution is 0.0698. The Bertz CT molecular complexity index is 1580. The summed E-state index contributed by atoms with van der Waals surface area (Å²) in [6, 6.07) is 13.2. The SMILES string of the molecule is Cc1c(-c2cc(C(=O)O)c3c(OC4CCC(c5ncco5)CC4)ccc(C)c3n2)oc2ccccc12. The fraction of sp³-hybridized carbons (Fsp3) is 0.276. The molecule has 1 saturated carbocycles. The molecule has 0 aliphatic heterocycles. The molecule has 2 aromatic carbocycles. The fourth-order valence-electron chi connectivity index (χ4n) is 5.29. The van der Waals surface area contributed by atoms with Crippen LogP contribution in [0, 0.1) is 13.8 Å². The molecule has 0 unspecified atom stereocenters. The number of carbonyl (C=O) groups is 1. The highest BCUT2D eigenvalue weighted by atomic mass is 16.5. The second kappa shape index (κ2) is 8.82. The summed E-state index contributed by atoms with van der Waals surface area (Å²) < 4.78 is 18.0. The number of aromatic carboxylic acids is 1. The molecule has 0 atom stereocenters. The Morgan fingerprint density at radius 2 is 1.89 bits per heavy atom. The van der Waals surface area contributed by atoms with E-state index in [4.69, 9.17) is 18.6 Å². The molecule has 0 bridgehead atoms. The number of aromatic nitrogens is 2. The van der Waals surface area contributed by atoms with Crippen molar-refractivity contribution in [3.8, 4) is 17.2 Å². The van der Waals surface area contributed by atoms with Crippen molar-refractivity contribution in [2.75, 3.05) is 0 Å². The maximum atomic E-state index is 12.5. The van der Waals surface area contributed by atoms with Crippen LogP contribution in [0.4, 0.5) is 0 Å². The van der Waals surface area contributed by atoms with E-state index < -0.39 is 5.97 Å². The second-order valence-corrected chi connectivity index (χ2v) is 9.48. The molecule has 0 spiro atoms. The molecular weight excluding hydrogens is 456 g/mol. The van der Waals surface area contributed by atoms with Crippen LogP contribution in [0.2, 0.25) is 0 Å². The molecule has 0 radical (unpaired) electrons. The van der Waals surface area contributed by atoms with Crippen LogP contribution < -0.4 is 4.74 Å². The molecule has 7 heteroatoms. The monoisotopic (exact) mass is 482 g/mol. The molecule has 6 rings (SSSR count). The summed E-state index contributed by atoms with van der Waals surface area (Å²) in [6.07, 6.45) is 6.78. The first-order chi connectivity index (χ1) is 17.5. The first-order valence-corrected chi connectivity index (χ1v) is 12.2. The molecule has 7 nitrogen and oxygen atoms in total. The summed E-state index contributed by atoms with van der Waals surface area (Å²) in [4.78, 5) is 21.6. The molecular formula is C29H26N2O5. The summed E-state index contributed by atoms with van der Waals surface area (Å²) in [6.45, 7) is 3.90. The number of hydrogen-bond donors (Lipinski definition) is 1. The minimum absolute atomic E-state index is 0.0129. The lowest BCUT2D eigenvalue weighted by Gasteiger charge is -2.28. The van der Waals surface area contributed by atoms with Crippen LogP contribution in [-0.2, 0) is 0 Å². The molecule has 1 aliphatic rings. The van der Waals surface area contributed by atoms with Gasteiger partial charge in [0.25, 0.3) is 0 Å². The van der Waals surface area contributed by atoms with E-state index in [1.54, 1.807) is 18.5 Å². The topological polar surface area (TPSA) is 98.6 Å². The predicted molar refractivity (Wildman–Crippen MR) is 136 cm³/mol.